The molecule has 0 heterocycles. The van der Waals surface area contributed by atoms with Crippen LogP contribution in [-0.2, 0) is 38.8 Å². The highest BCUT2D eigenvalue weighted by molar-refractivity contribution is 7.92. The van der Waals surface area contributed by atoms with Crippen molar-refractivity contribution in [1.29, 1.82) is 0 Å². The Morgan fingerprint density at radius 1 is 0.875 bits per heavy atom. The van der Waals surface area contributed by atoms with E-state index >= 15 is 0 Å². The number of rotatable bonds is 13. The summed E-state index contributed by atoms with van der Waals surface area (Å²) in [6.45, 7) is 4.66. The van der Waals surface area contributed by atoms with Gasteiger partial charge in [-0.3, -0.25) is 13.9 Å². The number of aryl methyl sites for hydroxylation is 1. The average molecular weight is 700 g/mol. The molecule has 4 rings (SSSR count). The molecular weight excluding hydrogens is 663 g/mol. The van der Waals surface area contributed by atoms with Crippen LogP contribution in [0.4, 0.5) is 18.9 Å². The number of hydrogen-bond acceptors (Lipinski definition) is 4. The van der Waals surface area contributed by atoms with Crippen molar-refractivity contribution in [2.75, 3.05) is 10.8 Å². The van der Waals surface area contributed by atoms with Crippen LogP contribution in [0.15, 0.2) is 108 Å². The molecule has 1 N–H and O–H groups in total. The Kier molecular flexibility index (Phi) is 11.9. The molecule has 0 spiro atoms. The molecule has 0 aliphatic rings. The number of benzene rings is 4. The van der Waals surface area contributed by atoms with Crippen LogP contribution >= 0.6 is 11.6 Å². The molecule has 4 aromatic carbocycles. The topological polar surface area (TPSA) is 86.8 Å². The highest BCUT2D eigenvalue weighted by atomic mass is 35.5. The minimum absolute atomic E-state index is 0.0712. The van der Waals surface area contributed by atoms with Crippen LogP contribution in [0.2, 0.25) is 5.02 Å². The lowest BCUT2D eigenvalue weighted by atomic mass is 10.0. The molecule has 0 saturated carbocycles. The largest absolute Gasteiger partial charge is 0.417 e. The molecule has 254 valence electrons. The van der Waals surface area contributed by atoms with Gasteiger partial charge in [0.25, 0.3) is 10.0 Å². The van der Waals surface area contributed by atoms with Crippen LogP contribution in [-0.4, -0.2) is 43.8 Å². The second-order valence-corrected chi connectivity index (χ2v) is 13.8. The monoisotopic (exact) mass is 699 g/mol. The van der Waals surface area contributed by atoms with Gasteiger partial charge in [0.1, 0.15) is 12.6 Å². The molecule has 0 fully saturated rings. The molecule has 0 unspecified atom stereocenters. The van der Waals surface area contributed by atoms with E-state index in [-0.39, 0.29) is 23.9 Å². The third kappa shape index (κ3) is 9.17. The van der Waals surface area contributed by atoms with Crippen molar-refractivity contribution in [3.8, 4) is 0 Å². The summed E-state index contributed by atoms with van der Waals surface area (Å²) in [7, 11) is -4.59. The van der Waals surface area contributed by atoms with Gasteiger partial charge >= 0.3 is 6.18 Å². The quantitative estimate of drug-likeness (QED) is 0.157. The van der Waals surface area contributed by atoms with Gasteiger partial charge in [0.2, 0.25) is 11.8 Å². The summed E-state index contributed by atoms with van der Waals surface area (Å²) in [6.07, 6.45) is -4.17. The summed E-state index contributed by atoms with van der Waals surface area (Å²) in [4.78, 5) is 29.5. The van der Waals surface area contributed by atoms with E-state index in [1.54, 1.807) is 30.3 Å². The first-order valence-electron chi connectivity index (χ1n) is 15.3. The summed E-state index contributed by atoms with van der Waals surface area (Å²) in [6, 6.07) is 24.8. The van der Waals surface area contributed by atoms with Gasteiger partial charge < -0.3 is 10.2 Å². The fourth-order valence-electron chi connectivity index (χ4n) is 5.02. The van der Waals surface area contributed by atoms with Crippen molar-refractivity contribution in [1.82, 2.24) is 10.2 Å². The molecule has 0 aliphatic carbocycles. The standard InChI is InChI=1S/C36H37ClF3N3O4S/c1-4-26(3)41-35(45)33(21-27-11-7-5-8-12-27)42(23-28-17-15-25(2)16-18-28)34(44)24-43(48(46,47)30-13-9-6-10-14-30)29-19-20-32(37)31(22-29)36(38,39)40/h5-20,22,26,33H,4,21,23-24H2,1-3H3,(H,41,45)/t26-,33-/m1/s1. The third-order valence-corrected chi connectivity index (χ3v) is 10.0. The lowest BCUT2D eigenvalue weighted by Crippen LogP contribution is -2.54. The smallest absolute Gasteiger partial charge is 0.352 e. The van der Waals surface area contributed by atoms with Gasteiger partial charge in [0.05, 0.1) is 21.2 Å². The maximum atomic E-state index is 14.5. The van der Waals surface area contributed by atoms with E-state index < -0.39 is 56.9 Å². The second-order valence-electron chi connectivity index (χ2n) is 11.5. The molecule has 0 radical (unpaired) electrons. The van der Waals surface area contributed by atoms with E-state index in [1.807, 2.05) is 51.1 Å². The van der Waals surface area contributed by atoms with Crippen LogP contribution in [0.1, 0.15) is 42.5 Å². The number of carbonyl (C=O) groups excluding carboxylic acids is 2. The van der Waals surface area contributed by atoms with E-state index in [0.717, 1.165) is 23.3 Å². The summed E-state index contributed by atoms with van der Waals surface area (Å²) in [5.74, 6) is -1.24. The normalized spacial score (nSPS) is 13.0. The van der Waals surface area contributed by atoms with Crippen LogP contribution in [0, 0.1) is 6.92 Å². The Morgan fingerprint density at radius 3 is 2.06 bits per heavy atom. The van der Waals surface area contributed by atoms with Crippen molar-refractivity contribution in [2.45, 2.75) is 63.3 Å². The zero-order chi connectivity index (χ0) is 35.1. The number of amides is 2. The van der Waals surface area contributed by atoms with E-state index in [1.165, 1.54) is 29.2 Å². The Balaban J connectivity index is 1.86. The van der Waals surface area contributed by atoms with Gasteiger partial charge in [-0.15, -0.1) is 0 Å². The summed E-state index contributed by atoms with van der Waals surface area (Å²) in [5.41, 5.74) is 0.725. The number of carbonyl (C=O) groups is 2. The maximum Gasteiger partial charge on any atom is 0.417 e. The lowest BCUT2D eigenvalue weighted by Gasteiger charge is -2.34. The Labute approximate surface area is 284 Å². The first-order valence-corrected chi connectivity index (χ1v) is 17.2. The molecule has 0 aliphatic heterocycles. The van der Waals surface area contributed by atoms with Gasteiger partial charge in [-0.2, -0.15) is 13.2 Å². The molecule has 48 heavy (non-hydrogen) atoms. The highest BCUT2D eigenvalue weighted by Gasteiger charge is 2.37. The van der Waals surface area contributed by atoms with Gasteiger partial charge in [-0.1, -0.05) is 96.9 Å². The molecule has 0 aromatic heterocycles. The fraction of sp³-hybridized carbons (Fsp3) is 0.278. The van der Waals surface area contributed by atoms with E-state index in [4.69, 9.17) is 11.6 Å². The number of hydrogen-bond donors (Lipinski definition) is 1. The summed E-state index contributed by atoms with van der Waals surface area (Å²) < 4.78 is 70.6. The van der Waals surface area contributed by atoms with Crippen molar-refractivity contribution in [2.24, 2.45) is 0 Å². The predicted molar refractivity (Wildman–Crippen MR) is 181 cm³/mol. The predicted octanol–water partition coefficient (Wildman–Crippen LogP) is 7.42. The number of nitrogens with zero attached hydrogens (tertiary/aromatic N) is 2. The van der Waals surface area contributed by atoms with Gasteiger partial charge in [-0.05, 0) is 61.7 Å². The van der Waals surface area contributed by atoms with Gasteiger partial charge in [0, 0.05) is 19.0 Å². The minimum atomic E-state index is -4.90. The number of sulfonamides is 1. The van der Waals surface area contributed by atoms with Crippen molar-refractivity contribution in [3.63, 3.8) is 0 Å². The lowest BCUT2D eigenvalue weighted by molar-refractivity contribution is -0.140. The van der Waals surface area contributed by atoms with E-state index in [0.29, 0.717) is 22.4 Å². The number of alkyl halides is 3. The van der Waals surface area contributed by atoms with Gasteiger partial charge in [-0.25, -0.2) is 8.42 Å². The van der Waals surface area contributed by atoms with E-state index in [9.17, 15) is 31.2 Å². The number of nitrogens with one attached hydrogen (secondary N) is 1. The molecule has 0 saturated heterocycles. The molecule has 7 nitrogen and oxygen atoms in total. The van der Waals surface area contributed by atoms with Crippen molar-refractivity contribution >= 4 is 39.1 Å². The fourth-order valence-corrected chi connectivity index (χ4v) is 6.67. The molecule has 4 aromatic rings. The zero-order valence-electron chi connectivity index (χ0n) is 26.7. The Morgan fingerprint density at radius 2 is 1.48 bits per heavy atom. The average Bonchev–Trinajstić information content (AvgIpc) is 3.06. The molecule has 2 amide bonds. The second kappa shape index (κ2) is 15.7. The van der Waals surface area contributed by atoms with Crippen LogP contribution < -0.4 is 9.62 Å². The Bertz CT molecular complexity index is 1810. The van der Waals surface area contributed by atoms with E-state index in [2.05, 4.69) is 5.32 Å². The first kappa shape index (κ1) is 36.5. The van der Waals surface area contributed by atoms with Crippen LogP contribution in [0.5, 0.6) is 0 Å². The minimum Gasteiger partial charge on any atom is -0.352 e. The number of halogens is 4. The van der Waals surface area contributed by atoms with Crippen molar-refractivity contribution in [3.05, 3.63) is 130 Å². The molecule has 12 heteroatoms. The SMILES string of the molecule is CC[C@@H](C)NC(=O)[C@@H](Cc1ccccc1)N(Cc1ccc(C)cc1)C(=O)CN(c1ccc(Cl)c(C(F)(F)F)c1)S(=O)(=O)c1ccccc1. The first-order chi connectivity index (χ1) is 22.7. The summed E-state index contributed by atoms with van der Waals surface area (Å²) >= 11 is 5.87. The molecule has 0 bridgehead atoms. The van der Waals surface area contributed by atoms with Crippen LogP contribution in [0.3, 0.4) is 0 Å². The number of anilines is 1. The maximum absolute atomic E-state index is 14.5. The van der Waals surface area contributed by atoms with Crippen molar-refractivity contribution < 1.29 is 31.2 Å². The summed E-state index contributed by atoms with van der Waals surface area (Å²) in [5, 5.41) is 2.32. The Hall–Kier alpha value is -4.35. The zero-order valence-corrected chi connectivity index (χ0v) is 28.3. The highest BCUT2D eigenvalue weighted by Crippen LogP contribution is 2.38. The van der Waals surface area contributed by atoms with Gasteiger partial charge in [0.15, 0.2) is 0 Å². The molecular formula is C36H37ClF3N3O4S. The van der Waals surface area contributed by atoms with Crippen LogP contribution in [0.25, 0.3) is 0 Å². The molecule has 2 atom stereocenters. The third-order valence-electron chi connectivity index (χ3n) is 7.90.